The maximum absolute atomic E-state index is 12.8. The van der Waals surface area contributed by atoms with E-state index in [1.807, 2.05) is 6.92 Å². The lowest BCUT2D eigenvalue weighted by Gasteiger charge is -2.14. The van der Waals surface area contributed by atoms with E-state index < -0.39 is 23.6 Å². The molecule has 1 fully saturated rings. The van der Waals surface area contributed by atoms with Crippen molar-refractivity contribution in [2.75, 3.05) is 0 Å². The number of rotatable bonds is 3. The molecular formula is C9H12F2O3. The van der Waals surface area contributed by atoms with E-state index in [0.29, 0.717) is 19.3 Å². The molecule has 0 spiro atoms. The number of ketones is 1. The van der Waals surface area contributed by atoms with Gasteiger partial charge in [0.25, 0.3) is 0 Å². The lowest BCUT2D eigenvalue weighted by atomic mass is 9.96. The highest BCUT2D eigenvalue weighted by Gasteiger charge is 2.51. The third-order valence-electron chi connectivity index (χ3n) is 2.64. The van der Waals surface area contributed by atoms with Crippen LogP contribution in [0, 0.1) is 11.8 Å². The first kappa shape index (κ1) is 11.1. The molecule has 1 aliphatic rings. The highest BCUT2D eigenvalue weighted by molar-refractivity contribution is 6.05. The summed E-state index contributed by atoms with van der Waals surface area (Å²) in [6.07, 6.45) is 1.47. The third kappa shape index (κ3) is 1.91. The largest absolute Gasteiger partial charge is 0.476 e. The average molecular weight is 206 g/mol. The molecule has 2 atom stereocenters. The molecule has 0 heterocycles. The van der Waals surface area contributed by atoms with E-state index in [1.54, 1.807) is 0 Å². The van der Waals surface area contributed by atoms with Crippen molar-refractivity contribution in [3.05, 3.63) is 0 Å². The number of hydrogen-bond acceptors (Lipinski definition) is 2. The van der Waals surface area contributed by atoms with Crippen LogP contribution in [0.2, 0.25) is 0 Å². The van der Waals surface area contributed by atoms with Crippen molar-refractivity contribution in [3.63, 3.8) is 0 Å². The van der Waals surface area contributed by atoms with E-state index in [9.17, 15) is 18.4 Å². The molecule has 1 rings (SSSR count). The molecule has 80 valence electrons. The summed E-state index contributed by atoms with van der Waals surface area (Å²) < 4.78 is 25.5. The minimum absolute atomic E-state index is 0.230. The van der Waals surface area contributed by atoms with Crippen LogP contribution in [0.4, 0.5) is 8.78 Å². The Morgan fingerprint density at radius 3 is 2.29 bits per heavy atom. The van der Waals surface area contributed by atoms with Gasteiger partial charge < -0.3 is 5.11 Å². The fourth-order valence-corrected chi connectivity index (χ4v) is 1.81. The second-order valence-electron chi connectivity index (χ2n) is 3.86. The van der Waals surface area contributed by atoms with Crippen LogP contribution in [0.25, 0.3) is 0 Å². The molecule has 5 heteroatoms. The molecular weight excluding hydrogens is 194 g/mol. The second-order valence-corrected chi connectivity index (χ2v) is 3.86. The SMILES string of the molecule is CC1CCC(C(=O)C(F)(F)C(=O)O)C1. The molecule has 0 saturated heterocycles. The van der Waals surface area contributed by atoms with Gasteiger partial charge in [0, 0.05) is 5.92 Å². The summed E-state index contributed by atoms with van der Waals surface area (Å²) >= 11 is 0. The Hall–Kier alpha value is -1.00. The fraction of sp³-hybridized carbons (Fsp3) is 0.778. The van der Waals surface area contributed by atoms with Crippen molar-refractivity contribution >= 4 is 11.8 Å². The van der Waals surface area contributed by atoms with E-state index in [2.05, 4.69) is 0 Å². The second kappa shape index (κ2) is 3.63. The maximum Gasteiger partial charge on any atom is 0.399 e. The Balaban J connectivity index is 2.70. The first-order chi connectivity index (χ1) is 6.35. The molecule has 0 aliphatic heterocycles. The van der Waals surface area contributed by atoms with Crippen LogP contribution in [0.5, 0.6) is 0 Å². The summed E-state index contributed by atoms with van der Waals surface area (Å²) in [6, 6.07) is 0. The van der Waals surface area contributed by atoms with Gasteiger partial charge in [-0.15, -0.1) is 0 Å². The third-order valence-corrected chi connectivity index (χ3v) is 2.64. The summed E-state index contributed by atoms with van der Waals surface area (Å²) in [4.78, 5) is 21.3. The van der Waals surface area contributed by atoms with E-state index in [4.69, 9.17) is 5.11 Å². The van der Waals surface area contributed by atoms with E-state index in [0.717, 1.165) is 0 Å². The number of halogens is 2. The van der Waals surface area contributed by atoms with Crippen LogP contribution in [0.15, 0.2) is 0 Å². The summed E-state index contributed by atoms with van der Waals surface area (Å²) in [6.45, 7) is 1.87. The minimum atomic E-state index is -4.21. The Morgan fingerprint density at radius 1 is 1.36 bits per heavy atom. The van der Waals surface area contributed by atoms with E-state index in [1.165, 1.54) is 0 Å². The molecule has 1 aliphatic carbocycles. The Labute approximate surface area is 80.1 Å². The minimum Gasteiger partial charge on any atom is -0.476 e. The predicted molar refractivity (Wildman–Crippen MR) is 44.1 cm³/mol. The van der Waals surface area contributed by atoms with Crippen LogP contribution < -0.4 is 0 Å². The zero-order valence-electron chi connectivity index (χ0n) is 7.80. The molecule has 2 unspecified atom stereocenters. The molecule has 0 bridgehead atoms. The number of aliphatic carboxylic acids is 1. The van der Waals surface area contributed by atoms with Crippen LogP contribution in [0.3, 0.4) is 0 Å². The Morgan fingerprint density at radius 2 is 1.93 bits per heavy atom. The van der Waals surface area contributed by atoms with Gasteiger partial charge >= 0.3 is 11.9 Å². The van der Waals surface area contributed by atoms with Crippen molar-refractivity contribution in [2.45, 2.75) is 32.1 Å². The molecule has 0 radical (unpaired) electrons. The van der Waals surface area contributed by atoms with Crippen LogP contribution in [-0.4, -0.2) is 22.8 Å². The highest BCUT2D eigenvalue weighted by atomic mass is 19.3. The van der Waals surface area contributed by atoms with Gasteiger partial charge in [-0.05, 0) is 25.2 Å². The van der Waals surface area contributed by atoms with Gasteiger partial charge in [-0.1, -0.05) is 6.92 Å². The van der Waals surface area contributed by atoms with Gasteiger partial charge in [0.05, 0.1) is 0 Å². The first-order valence-electron chi connectivity index (χ1n) is 4.51. The lowest BCUT2D eigenvalue weighted by molar-refractivity contribution is -0.173. The van der Waals surface area contributed by atoms with Crippen molar-refractivity contribution in [1.29, 1.82) is 0 Å². The van der Waals surface area contributed by atoms with Gasteiger partial charge in [0.2, 0.25) is 5.78 Å². The number of alkyl halides is 2. The Bertz CT molecular complexity index is 263. The quantitative estimate of drug-likeness (QED) is 0.715. The van der Waals surface area contributed by atoms with Crippen molar-refractivity contribution < 1.29 is 23.5 Å². The smallest absolute Gasteiger partial charge is 0.399 e. The fourth-order valence-electron chi connectivity index (χ4n) is 1.81. The van der Waals surface area contributed by atoms with E-state index in [-0.39, 0.29) is 5.92 Å². The molecule has 14 heavy (non-hydrogen) atoms. The highest BCUT2D eigenvalue weighted by Crippen LogP contribution is 2.35. The zero-order valence-corrected chi connectivity index (χ0v) is 7.80. The van der Waals surface area contributed by atoms with Gasteiger partial charge in [0.1, 0.15) is 0 Å². The molecule has 1 N–H and O–H groups in total. The summed E-state index contributed by atoms with van der Waals surface area (Å²) in [5.41, 5.74) is 0. The number of carbonyl (C=O) groups excluding carboxylic acids is 1. The molecule has 1 saturated carbocycles. The Kier molecular flexibility index (Phi) is 2.87. The summed E-state index contributed by atoms with van der Waals surface area (Å²) in [5, 5.41) is 8.17. The van der Waals surface area contributed by atoms with Crippen LogP contribution >= 0.6 is 0 Å². The molecule has 0 aromatic rings. The molecule has 0 amide bonds. The topological polar surface area (TPSA) is 54.4 Å². The summed E-state index contributed by atoms with van der Waals surface area (Å²) in [7, 11) is 0. The van der Waals surface area contributed by atoms with Gasteiger partial charge in [-0.2, -0.15) is 8.78 Å². The number of carboxylic acids is 1. The lowest BCUT2D eigenvalue weighted by Crippen LogP contribution is -2.41. The normalized spacial score (nSPS) is 27.6. The average Bonchev–Trinajstić information content (AvgIpc) is 2.50. The van der Waals surface area contributed by atoms with Crippen LogP contribution in [0.1, 0.15) is 26.2 Å². The standard InChI is InChI=1S/C9H12F2O3/c1-5-2-3-6(4-5)7(12)9(10,11)8(13)14/h5-6H,2-4H2,1H3,(H,13,14). The first-order valence-corrected chi connectivity index (χ1v) is 4.51. The number of carboxylic acid groups (broad SMARTS) is 1. The van der Waals surface area contributed by atoms with Crippen molar-refractivity contribution in [1.82, 2.24) is 0 Å². The monoisotopic (exact) mass is 206 g/mol. The molecule has 0 aromatic heterocycles. The number of hydrogen-bond donors (Lipinski definition) is 1. The van der Waals surface area contributed by atoms with Crippen LogP contribution in [-0.2, 0) is 9.59 Å². The van der Waals surface area contributed by atoms with Gasteiger partial charge in [-0.3, -0.25) is 4.79 Å². The predicted octanol–water partition coefficient (Wildman–Crippen LogP) is 1.71. The maximum atomic E-state index is 12.8. The number of carbonyl (C=O) groups is 2. The van der Waals surface area contributed by atoms with Gasteiger partial charge in [-0.25, -0.2) is 4.79 Å². The zero-order chi connectivity index (χ0) is 10.9. The van der Waals surface area contributed by atoms with Crippen molar-refractivity contribution in [3.8, 4) is 0 Å². The van der Waals surface area contributed by atoms with Gasteiger partial charge in [0.15, 0.2) is 0 Å². The van der Waals surface area contributed by atoms with E-state index >= 15 is 0 Å². The van der Waals surface area contributed by atoms with Crippen molar-refractivity contribution in [2.24, 2.45) is 11.8 Å². The number of Topliss-reactive ketones (excluding diaryl/α,β-unsaturated/α-hetero) is 1. The summed E-state index contributed by atoms with van der Waals surface area (Å²) in [5.74, 6) is -8.55. The molecule has 0 aromatic carbocycles. The molecule has 3 nitrogen and oxygen atoms in total.